The molecule has 76 valence electrons. The second kappa shape index (κ2) is 4.49. The molecule has 2 N–H and O–H groups in total. The van der Waals surface area contributed by atoms with Crippen LogP contribution >= 0.6 is 27.7 Å². The van der Waals surface area contributed by atoms with E-state index < -0.39 is 0 Å². The Kier molecular flexibility index (Phi) is 3.28. The van der Waals surface area contributed by atoms with Gasteiger partial charge in [0.2, 0.25) is 5.95 Å². The molecule has 0 aromatic carbocycles. The summed E-state index contributed by atoms with van der Waals surface area (Å²) in [6.45, 7) is 0. The molecule has 1 saturated carbocycles. The predicted octanol–water partition coefficient (Wildman–Crippen LogP) is 2.86. The van der Waals surface area contributed by atoms with Gasteiger partial charge in [-0.05, 0) is 28.8 Å². The summed E-state index contributed by atoms with van der Waals surface area (Å²) in [6.07, 6.45) is 6.99. The molecule has 0 amide bonds. The van der Waals surface area contributed by atoms with E-state index in [1.807, 2.05) is 11.8 Å². The molecule has 0 saturated heterocycles. The average Bonchev–Trinajstić information content (AvgIpc) is 2.64. The van der Waals surface area contributed by atoms with Crippen molar-refractivity contribution in [3.8, 4) is 0 Å². The van der Waals surface area contributed by atoms with E-state index in [0.717, 1.165) is 9.50 Å². The predicted molar refractivity (Wildman–Crippen MR) is 62.3 cm³/mol. The first-order valence-corrected chi connectivity index (χ1v) is 6.37. The summed E-state index contributed by atoms with van der Waals surface area (Å²) >= 11 is 5.25. The highest BCUT2D eigenvalue weighted by Crippen LogP contribution is 2.36. The van der Waals surface area contributed by atoms with Gasteiger partial charge in [-0.25, -0.2) is 9.97 Å². The number of anilines is 1. The van der Waals surface area contributed by atoms with Crippen LogP contribution in [0.1, 0.15) is 25.7 Å². The van der Waals surface area contributed by atoms with Crippen molar-refractivity contribution in [1.29, 1.82) is 0 Å². The largest absolute Gasteiger partial charge is 0.368 e. The fraction of sp³-hybridized carbons (Fsp3) is 0.556. The van der Waals surface area contributed by atoms with Gasteiger partial charge in [-0.15, -0.1) is 11.8 Å². The zero-order valence-corrected chi connectivity index (χ0v) is 10.1. The minimum absolute atomic E-state index is 0.355. The third-order valence-corrected chi connectivity index (χ3v) is 4.49. The lowest BCUT2D eigenvalue weighted by atomic mass is 10.4. The second-order valence-electron chi connectivity index (χ2n) is 3.41. The summed E-state index contributed by atoms with van der Waals surface area (Å²) in [5, 5.41) is 1.69. The first-order chi connectivity index (χ1) is 6.75. The van der Waals surface area contributed by atoms with Gasteiger partial charge in [0.25, 0.3) is 0 Å². The van der Waals surface area contributed by atoms with Gasteiger partial charge in [-0.2, -0.15) is 0 Å². The smallest absolute Gasteiger partial charge is 0.221 e. The Morgan fingerprint density at radius 1 is 1.43 bits per heavy atom. The van der Waals surface area contributed by atoms with Crippen LogP contribution in [0.3, 0.4) is 0 Å². The number of rotatable bonds is 2. The topological polar surface area (TPSA) is 51.8 Å². The normalized spacial score (nSPS) is 17.5. The number of halogens is 1. The number of thioether (sulfide) groups is 1. The van der Waals surface area contributed by atoms with Crippen molar-refractivity contribution in [2.75, 3.05) is 5.73 Å². The van der Waals surface area contributed by atoms with Crippen LogP contribution in [0.25, 0.3) is 0 Å². The lowest BCUT2D eigenvalue weighted by Gasteiger charge is -2.08. The van der Waals surface area contributed by atoms with Gasteiger partial charge in [0.15, 0.2) is 0 Å². The molecule has 0 unspecified atom stereocenters. The summed E-state index contributed by atoms with van der Waals surface area (Å²) in [4.78, 5) is 8.14. The molecule has 1 fully saturated rings. The number of hydrogen-bond acceptors (Lipinski definition) is 4. The number of nitrogens with two attached hydrogens (primary N) is 1. The van der Waals surface area contributed by atoms with Crippen LogP contribution in [0, 0.1) is 0 Å². The molecule has 0 radical (unpaired) electrons. The molecule has 14 heavy (non-hydrogen) atoms. The number of hydrogen-bond donors (Lipinski definition) is 1. The van der Waals surface area contributed by atoms with E-state index in [1.54, 1.807) is 6.20 Å². The maximum Gasteiger partial charge on any atom is 0.221 e. The van der Waals surface area contributed by atoms with Gasteiger partial charge >= 0.3 is 0 Å². The van der Waals surface area contributed by atoms with Crippen molar-refractivity contribution in [3.63, 3.8) is 0 Å². The van der Waals surface area contributed by atoms with Crippen LogP contribution in [0.15, 0.2) is 15.7 Å². The summed E-state index contributed by atoms with van der Waals surface area (Å²) in [5.74, 6) is 0.355. The van der Waals surface area contributed by atoms with E-state index >= 15 is 0 Å². The Labute approximate surface area is 96.0 Å². The van der Waals surface area contributed by atoms with Crippen LogP contribution < -0.4 is 5.73 Å². The summed E-state index contributed by atoms with van der Waals surface area (Å²) in [5.41, 5.74) is 5.55. The zero-order valence-electron chi connectivity index (χ0n) is 7.74. The van der Waals surface area contributed by atoms with Crippen molar-refractivity contribution in [2.45, 2.75) is 36.0 Å². The molecule has 5 heteroatoms. The molecule has 1 aromatic heterocycles. The van der Waals surface area contributed by atoms with Gasteiger partial charge < -0.3 is 5.73 Å². The molecule has 0 aliphatic heterocycles. The van der Waals surface area contributed by atoms with Crippen molar-refractivity contribution in [2.24, 2.45) is 0 Å². The molecule has 1 aliphatic carbocycles. The monoisotopic (exact) mass is 273 g/mol. The van der Waals surface area contributed by atoms with Crippen molar-refractivity contribution < 1.29 is 0 Å². The molecule has 1 aliphatic rings. The standard InChI is InChI=1S/C9H12BrN3S/c10-7-5-12-9(11)13-8(7)14-6-3-1-2-4-6/h5-6H,1-4H2,(H2,11,12,13). The maximum absolute atomic E-state index is 5.55. The first-order valence-electron chi connectivity index (χ1n) is 4.70. The quantitative estimate of drug-likeness (QED) is 0.842. The third kappa shape index (κ3) is 2.39. The highest BCUT2D eigenvalue weighted by molar-refractivity contribution is 9.10. The van der Waals surface area contributed by atoms with Crippen molar-refractivity contribution >= 4 is 33.6 Å². The van der Waals surface area contributed by atoms with E-state index in [1.165, 1.54) is 25.7 Å². The lowest BCUT2D eigenvalue weighted by Crippen LogP contribution is -1.99. The fourth-order valence-corrected chi connectivity index (χ4v) is 3.28. The second-order valence-corrected chi connectivity index (χ2v) is 5.55. The molecular formula is C9H12BrN3S. The van der Waals surface area contributed by atoms with Crippen LogP contribution in [0.5, 0.6) is 0 Å². The van der Waals surface area contributed by atoms with Crippen LogP contribution in [0.4, 0.5) is 5.95 Å². The van der Waals surface area contributed by atoms with Gasteiger partial charge in [0.1, 0.15) is 5.03 Å². The molecule has 1 aromatic rings. The van der Waals surface area contributed by atoms with Crippen molar-refractivity contribution in [1.82, 2.24) is 9.97 Å². The Hall–Kier alpha value is -0.290. The highest BCUT2D eigenvalue weighted by atomic mass is 79.9. The zero-order chi connectivity index (χ0) is 9.97. The van der Waals surface area contributed by atoms with Gasteiger partial charge in [-0.1, -0.05) is 12.8 Å². The van der Waals surface area contributed by atoms with E-state index in [2.05, 4.69) is 25.9 Å². The minimum Gasteiger partial charge on any atom is -0.368 e. The number of nitrogens with zero attached hydrogens (tertiary/aromatic N) is 2. The minimum atomic E-state index is 0.355. The van der Waals surface area contributed by atoms with E-state index in [9.17, 15) is 0 Å². The molecule has 0 spiro atoms. The Morgan fingerprint density at radius 3 is 2.86 bits per heavy atom. The molecule has 3 nitrogen and oxygen atoms in total. The molecule has 0 bridgehead atoms. The molecule has 0 atom stereocenters. The van der Waals surface area contributed by atoms with Crippen LogP contribution in [-0.4, -0.2) is 15.2 Å². The van der Waals surface area contributed by atoms with Gasteiger partial charge in [0, 0.05) is 11.4 Å². The summed E-state index contributed by atoms with van der Waals surface area (Å²) in [7, 11) is 0. The Balaban J connectivity index is 2.10. The third-order valence-electron chi connectivity index (χ3n) is 2.31. The molecular weight excluding hydrogens is 262 g/mol. The lowest BCUT2D eigenvalue weighted by molar-refractivity contribution is 0.886. The number of nitrogen functional groups attached to an aromatic ring is 1. The SMILES string of the molecule is Nc1ncc(Br)c(SC2CCCC2)n1. The Bertz CT molecular complexity index is 326. The van der Waals surface area contributed by atoms with Crippen LogP contribution in [0.2, 0.25) is 0 Å². The number of aromatic nitrogens is 2. The average molecular weight is 274 g/mol. The summed E-state index contributed by atoms with van der Waals surface area (Å²) < 4.78 is 0.948. The molecule has 1 heterocycles. The van der Waals surface area contributed by atoms with Gasteiger partial charge in [-0.3, -0.25) is 0 Å². The molecule has 2 rings (SSSR count). The van der Waals surface area contributed by atoms with E-state index in [-0.39, 0.29) is 0 Å². The van der Waals surface area contributed by atoms with E-state index in [0.29, 0.717) is 11.2 Å². The van der Waals surface area contributed by atoms with E-state index in [4.69, 9.17) is 5.73 Å². The first kappa shape index (κ1) is 10.2. The van der Waals surface area contributed by atoms with Crippen molar-refractivity contribution in [3.05, 3.63) is 10.7 Å². The highest BCUT2D eigenvalue weighted by Gasteiger charge is 2.18. The fourth-order valence-electron chi connectivity index (χ4n) is 1.61. The Morgan fingerprint density at radius 2 is 2.14 bits per heavy atom. The van der Waals surface area contributed by atoms with Crippen LogP contribution in [-0.2, 0) is 0 Å². The maximum atomic E-state index is 5.55. The van der Waals surface area contributed by atoms with Gasteiger partial charge in [0.05, 0.1) is 4.47 Å². The summed E-state index contributed by atoms with van der Waals surface area (Å²) in [6, 6.07) is 0.